The Bertz CT molecular complexity index is 312. The van der Waals surface area contributed by atoms with Gasteiger partial charge in [-0.1, -0.05) is 6.07 Å². The van der Waals surface area contributed by atoms with Gasteiger partial charge in [-0.2, -0.15) is 0 Å². The summed E-state index contributed by atoms with van der Waals surface area (Å²) in [6.45, 7) is 1.82. The molecule has 0 spiro atoms. The van der Waals surface area contributed by atoms with Crippen LogP contribution < -0.4 is 5.73 Å². The number of nitrogens with two attached hydrogens (primary N) is 1. The minimum atomic E-state index is -1.06. The number of anilines is 1. The molecule has 0 amide bonds. The van der Waals surface area contributed by atoms with E-state index in [4.69, 9.17) is 5.73 Å². The highest BCUT2D eigenvalue weighted by Gasteiger charge is 2.10. The highest BCUT2D eigenvalue weighted by Crippen LogP contribution is 2.14. The van der Waals surface area contributed by atoms with Crippen LogP contribution in [0.1, 0.15) is 15.9 Å². The molecule has 0 saturated carbocycles. The van der Waals surface area contributed by atoms with Crippen LogP contribution in [0.4, 0.5) is 10.2 Å². The molecular formula is C8H8FNO2. The van der Waals surface area contributed by atoms with Gasteiger partial charge in [0.15, 0.2) is 0 Å². The predicted molar refractivity (Wildman–Crippen MR) is 42.1 cm³/mol. The zero-order valence-corrected chi connectivity index (χ0v) is 6.50. The number of halogens is 1. The van der Waals surface area contributed by atoms with E-state index < -0.39 is 5.97 Å². The third-order valence-electron chi connectivity index (χ3n) is 1.50. The van der Waals surface area contributed by atoms with Gasteiger partial charge in [0.1, 0.15) is 0 Å². The molecule has 12 heavy (non-hydrogen) atoms. The maximum Gasteiger partial charge on any atom is 0.381 e. The fourth-order valence-electron chi connectivity index (χ4n) is 0.910. The number of rotatable bonds is 1. The molecule has 1 aromatic rings. The van der Waals surface area contributed by atoms with Gasteiger partial charge in [0.25, 0.3) is 0 Å². The van der Waals surface area contributed by atoms with Crippen LogP contribution in [0.25, 0.3) is 0 Å². The third-order valence-corrected chi connectivity index (χ3v) is 1.50. The summed E-state index contributed by atoms with van der Waals surface area (Å²) in [4.78, 5) is 13.7. The molecule has 0 fully saturated rings. The maximum atomic E-state index is 11.4. The van der Waals surface area contributed by atoms with E-state index in [1.54, 1.807) is 12.1 Å². The van der Waals surface area contributed by atoms with Crippen LogP contribution in [0.15, 0.2) is 18.2 Å². The van der Waals surface area contributed by atoms with Gasteiger partial charge in [-0.3, -0.25) is 0 Å². The first-order valence-electron chi connectivity index (χ1n) is 3.34. The number of hydrogen-bond donors (Lipinski definition) is 1. The first-order valence-corrected chi connectivity index (χ1v) is 3.34. The van der Waals surface area contributed by atoms with E-state index in [1.165, 1.54) is 6.07 Å². The molecule has 0 aromatic heterocycles. The van der Waals surface area contributed by atoms with Crippen molar-refractivity contribution in [2.24, 2.45) is 0 Å². The van der Waals surface area contributed by atoms with Crippen molar-refractivity contribution in [3.05, 3.63) is 29.3 Å². The summed E-state index contributed by atoms with van der Waals surface area (Å²) >= 11 is 0. The van der Waals surface area contributed by atoms with Gasteiger partial charge in [-0.05, 0) is 24.6 Å². The Hall–Kier alpha value is -1.58. The summed E-state index contributed by atoms with van der Waals surface area (Å²) in [6.07, 6.45) is 0. The smallest absolute Gasteiger partial charge is 0.381 e. The minimum Gasteiger partial charge on any atom is -0.398 e. The number of benzene rings is 1. The summed E-state index contributed by atoms with van der Waals surface area (Å²) in [5, 5.41) is 0. The van der Waals surface area contributed by atoms with Crippen molar-refractivity contribution in [3.8, 4) is 0 Å². The molecule has 0 aliphatic carbocycles. The lowest BCUT2D eigenvalue weighted by atomic mass is 10.1. The van der Waals surface area contributed by atoms with Gasteiger partial charge in [0.2, 0.25) is 0 Å². The standard InChI is InChI=1S/C8H8FNO2/c1-5-2-3-6(7(10)4-5)8(11)12-9/h2-4H,10H2,1H3. The average molecular weight is 169 g/mol. The van der Waals surface area contributed by atoms with E-state index in [-0.39, 0.29) is 11.3 Å². The minimum absolute atomic E-state index is 0.0445. The van der Waals surface area contributed by atoms with Crippen molar-refractivity contribution >= 4 is 11.7 Å². The zero-order chi connectivity index (χ0) is 9.14. The van der Waals surface area contributed by atoms with Crippen molar-refractivity contribution in [1.29, 1.82) is 0 Å². The summed E-state index contributed by atoms with van der Waals surface area (Å²) < 4.78 is 11.4. The summed E-state index contributed by atoms with van der Waals surface area (Å²) in [5.41, 5.74) is 6.60. The van der Waals surface area contributed by atoms with E-state index in [0.29, 0.717) is 0 Å². The number of carbonyl (C=O) groups excluding carboxylic acids is 1. The van der Waals surface area contributed by atoms with Crippen LogP contribution >= 0.6 is 0 Å². The third kappa shape index (κ3) is 1.53. The lowest BCUT2D eigenvalue weighted by Crippen LogP contribution is -2.03. The summed E-state index contributed by atoms with van der Waals surface area (Å²) in [5.74, 6) is -1.06. The largest absolute Gasteiger partial charge is 0.398 e. The first kappa shape index (κ1) is 8.52. The van der Waals surface area contributed by atoms with E-state index in [2.05, 4.69) is 4.94 Å². The monoisotopic (exact) mass is 169 g/mol. The number of hydrogen-bond acceptors (Lipinski definition) is 3. The summed E-state index contributed by atoms with van der Waals surface area (Å²) in [7, 11) is 0. The van der Waals surface area contributed by atoms with Crippen molar-refractivity contribution in [3.63, 3.8) is 0 Å². The summed E-state index contributed by atoms with van der Waals surface area (Å²) in [6, 6.07) is 4.65. The molecule has 0 radical (unpaired) electrons. The molecule has 0 unspecified atom stereocenters. The molecule has 64 valence electrons. The van der Waals surface area contributed by atoms with Crippen LogP contribution in [0.2, 0.25) is 0 Å². The number of carbonyl (C=O) groups is 1. The highest BCUT2D eigenvalue weighted by molar-refractivity contribution is 5.94. The SMILES string of the molecule is Cc1ccc(C(=O)OF)c(N)c1. The second-order valence-corrected chi connectivity index (χ2v) is 2.46. The van der Waals surface area contributed by atoms with Gasteiger partial charge in [0.05, 0.1) is 5.56 Å². The van der Waals surface area contributed by atoms with Crippen molar-refractivity contribution in [2.45, 2.75) is 6.92 Å². The number of aryl methyl sites for hydroxylation is 1. The van der Waals surface area contributed by atoms with Crippen LogP contribution in [-0.4, -0.2) is 5.97 Å². The Labute approximate surface area is 68.8 Å². The van der Waals surface area contributed by atoms with Crippen LogP contribution in [0.5, 0.6) is 0 Å². The van der Waals surface area contributed by atoms with Crippen LogP contribution in [0, 0.1) is 6.92 Å². The molecule has 0 saturated heterocycles. The zero-order valence-electron chi connectivity index (χ0n) is 6.50. The molecule has 0 bridgehead atoms. The molecule has 2 N–H and O–H groups in total. The van der Waals surface area contributed by atoms with Crippen molar-refractivity contribution < 1.29 is 14.3 Å². The van der Waals surface area contributed by atoms with Crippen LogP contribution in [0.3, 0.4) is 0 Å². The Morgan fingerprint density at radius 3 is 2.75 bits per heavy atom. The molecule has 0 heterocycles. The van der Waals surface area contributed by atoms with Gasteiger partial charge in [0, 0.05) is 10.2 Å². The highest BCUT2D eigenvalue weighted by atomic mass is 19.3. The van der Waals surface area contributed by atoms with E-state index >= 15 is 0 Å². The topological polar surface area (TPSA) is 52.3 Å². The van der Waals surface area contributed by atoms with Gasteiger partial charge >= 0.3 is 5.97 Å². The van der Waals surface area contributed by atoms with Crippen molar-refractivity contribution in [1.82, 2.24) is 0 Å². The average Bonchev–Trinajstić information content (AvgIpc) is 2.03. The lowest BCUT2D eigenvalue weighted by Gasteiger charge is -2.00. The molecule has 0 aliphatic heterocycles. The van der Waals surface area contributed by atoms with Crippen LogP contribution in [-0.2, 0) is 4.94 Å². The van der Waals surface area contributed by atoms with Gasteiger partial charge in [-0.15, -0.1) is 0 Å². The van der Waals surface area contributed by atoms with Gasteiger partial charge < -0.3 is 5.73 Å². The Balaban J connectivity index is 3.09. The molecule has 3 nitrogen and oxygen atoms in total. The van der Waals surface area contributed by atoms with Crippen molar-refractivity contribution in [2.75, 3.05) is 5.73 Å². The maximum absolute atomic E-state index is 11.4. The predicted octanol–water partition coefficient (Wildman–Crippen LogP) is 1.62. The Kier molecular flexibility index (Phi) is 2.28. The van der Waals surface area contributed by atoms with E-state index in [1.807, 2.05) is 6.92 Å². The molecular weight excluding hydrogens is 161 g/mol. The molecule has 1 rings (SSSR count). The number of nitrogen functional groups attached to an aromatic ring is 1. The van der Waals surface area contributed by atoms with E-state index in [0.717, 1.165) is 5.56 Å². The fourth-order valence-corrected chi connectivity index (χ4v) is 0.910. The second-order valence-electron chi connectivity index (χ2n) is 2.46. The Morgan fingerprint density at radius 1 is 1.58 bits per heavy atom. The Morgan fingerprint density at radius 2 is 2.25 bits per heavy atom. The van der Waals surface area contributed by atoms with Gasteiger partial charge in [-0.25, -0.2) is 9.74 Å². The molecule has 1 aromatic carbocycles. The second kappa shape index (κ2) is 3.21. The fraction of sp³-hybridized carbons (Fsp3) is 0.125. The first-order chi connectivity index (χ1) is 5.65. The molecule has 0 atom stereocenters. The van der Waals surface area contributed by atoms with E-state index in [9.17, 15) is 9.32 Å². The molecule has 0 aliphatic rings. The lowest BCUT2D eigenvalue weighted by molar-refractivity contribution is -0.0787. The normalized spacial score (nSPS) is 9.50. The quantitative estimate of drug-likeness (QED) is 0.650. The molecule has 4 heteroatoms.